The van der Waals surface area contributed by atoms with Gasteiger partial charge in [-0.3, -0.25) is 4.90 Å². The third kappa shape index (κ3) is 3.82. The SMILES string of the molecule is CCN(Cc1cc(C)on1)CC1CCNCC1. The quantitative estimate of drug-likeness (QED) is 0.848. The highest BCUT2D eigenvalue weighted by Gasteiger charge is 2.17. The summed E-state index contributed by atoms with van der Waals surface area (Å²) in [6, 6.07) is 2.03. The summed E-state index contributed by atoms with van der Waals surface area (Å²) in [6.07, 6.45) is 2.60. The highest BCUT2D eigenvalue weighted by atomic mass is 16.5. The lowest BCUT2D eigenvalue weighted by Gasteiger charge is -2.28. The van der Waals surface area contributed by atoms with E-state index >= 15 is 0 Å². The van der Waals surface area contributed by atoms with Crippen LogP contribution in [0.5, 0.6) is 0 Å². The summed E-state index contributed by atoms with van der Waals surface area (Å²) >= 11 is 0. The van der Waals surface area contributed by atoms with Gasteiger partial charge in [-0.2, -0.15) is 0 Å². The predicted octanol–water partition coefficient (Wildman–Crippen LogP) is 1.80. The summed E-state index contributed by atoms with van der Waals surface area (Å²) in [5.74, 6) is 1.74. The van der Waals surface area contributed by atoms with Crippen molar-refractivity contribution in [3.8, 4) is 0 Å². The van der Waals surface area contributed by atoms with Gasteiger partial charge in [-0.25, -0.2) is 0 Å². The molecule has 1 fully saturated rings. The molecule has 0 aromatic carbocycles. The molecule has 1 aliphatic heterocycles. The number of piperidine rings is 1. The molecule has 0 unspecified atom stereocenters. The van der Waals surface area contributed by atoms with Gasteiger partial charge < -0.3 is 9.84 Å². The fourth-order valence-electron chi connectivity index (χ4n) is 2.46. The summed E-state index contributed by atoms with van der Waals surface area (Å²) in [6.45, 7) is 9.68. The zero-order valence-corrected chi connectivity index (χ0v) is 10.9. The Bertz CT molecular complexity index is 331. The molecule has 1 aliphatic rings. The van der Waals surface area contributed by atoms with E-state index in [1.807, 2.05) is 13.0 Å². The van der Waals surface area contributed by atoms with Crippen LogP contribution >= 0.6 is 0 Å². The number of hydrogen-bond acceptors (Lipinski definition) is 4. The fourth-order valence-corrected chi connectivity index (χ4v) is 2.46. The second-order valence-electron chi connectivity index (χ2n) is 4.95. The summed E-state index contributed by atoms with van der Waals surface area (Å²) in [7, 11) is 0. The van der Waals surface area contributed by atoms with Crippen LogP contribution in [-0.2, 0) is 6.54 Å². The molecule has 0 amide bonds. The molecular formula is C13H23N3O. The van der Waals surface area contributed by atoms with Gasteiger partial charge in [0.25, 0.3) is 0 Å². The van der Waals surface area contributed by atoms with Crippen LogP contribution in [-0.4, -0.2) is 36.2 Å². The Balaban J connectivity index is 1.83. The summed E-state index contributed by atoms with van der Waals surface area (Å²) < 4.78 is 5.11. The van der Waals surface area contributed by atoms with Crippen LogP contribution in [0.15, 0.2) is 10.6 Å². The first-order valence-corrected chi connectivity index (χ1v) is 6.63. The highest BCUT2D eigenvalue weighted by molar-refractivity contribution is 5.03. The average Bonchev–Trinajstić information content (AvgIpc) is 2.75. The number of rotatable bonds is 5. The predicted molar refractivity (Wildman–Crippen MR) is 67.8 cm³/mol. The molecule has 0 radical (unpaired) electrons. The third-order valence-electron chi connectivity index (χ3n) is 3.48. The van der Waals surface area contributed by atoms with Crippen LogP contribution < -0.4 is 5.32 Å². The Hall–Kier alpha value is -0.870. The number of aromatic nitrogens is 1. The van der Waals surface area contributed by atoms with Crippen LogP contribution in [0.25, 0.3) is 0 Å². The van der Waals surface area contributed by atoms with Crippen LogP contribution in [0, 0.1) is 12.8 Å². The van der Waals surface area contributed by atoms with E-state index < -0.39 is 0 Å². The van der Waals surface area contributed by atoms with Crippen molar-refractivity contribution in [1.29, 1.82) is 0 Å². The van der Waals surface area contributed by atoms with Crippen molar-refractivity contribution in [2.75, 3.05) is 26.2 Å². The molecule has 1 aromatic rings. The smallest absolute Gasteiger partial charge is 0.133 e. The van der Waals surface area contributed by atoms with Crippen LogP contribution in [0.4, 0.5) is 0 Å². The Kier molecular flexibility index (Phi) is 4.57. The Morgan fingerprint density at radius 2 is 2.24 bits per heavy atom. The van der Waals surface area contributed by atoms with Gasteiger partial charge in [0.2, 0.25) is 0 Å². The number of aryl methyl sites for hydroxylation is 1. The van der Waals surface area contributed by atoms with Crippen molar-refractivity contribution in [2.45, 2.75) is 33.2 Å². The minimum absolute atomic E-state index is 0.837. The van der Waals surface area contributed by atoms with E-state index in [0.29, 0.717) is 0 Å². The van der Waals surface area contributed by atoms with Crippen molar-refractivity contribution >= 4 is 0 Å². The summed E-state index contributed by atoms with van der Waals surface area (Å²) in [4.78, 5) is 2.47. The van der Waals surface area contributed by atoms with Gasteiger partial charge in [0.1, 0.15) is 5.76 Å². The average molecular weight is 237 g/mol. The normalized spacial score (nSPS) is 17.8. The van der Waals surface area contributed by atoms with Crippen LogP contribution in [0.1, 0.15) is 31.2 Å². The lowest BCUT2D eigenvalue weighted by Crippen LogP contribution is -2.35. The molecule has 4 nitrogen and oxygen atoms in total. The highest BCUT2D eigenvalue weighted by Crippen LogP contribution is 2.15. The second-order valence-corrected chi connectivity index (χ2v) is 4.95. The van der Waals surface area contributed by atoms with E-state index in [1.54, 1.807) is 0 Å². The lowest BCUT2D eigenvalue weighted by atomic mass is 9.97. The standard InChI is InChI=1S/C13H23N3O/c1-3-16(9-12-4-6-14-7-5-12)10-13-8-11(2)17-15-13/h8,12,14H,3-7,9-10H2,1-2H3. The first-order valence-electron chi connectivity index (χ1n) is 6.63. The molecule has 17 heavy (non-hydrogen) atoms. The molecule has 1 N–H and O–H groups in total. The maximum atomic E-state index is 5.11. The van der Waals surface area contributed by atoms with Crippen molar-refractivity contribution in [3.05, 3.63) is 17.5 Å². The number of nitrogens with one attached hydrogen (secondary N) is 1. The molecule has 0 atom stereocenters. The van der Waals surface area contributed by atoms with E-state index in [9.17, 15) is 0 Å². The minimum atomic E-state index is 0.837. The van der Waals surface area contributed by atoms with Gasteiger partial charge in [0.05, 0.1) is 5.69 Å². The van der Waals surface area contributed by atoms with E-state index in [1.165, 1.54) is 32.5 Å². The largest absolute Gasteiger partial charge is 0.361 e. The van der Waals surface area contributed by atoms with E-state index in [4.69, 9.17) is 4.52 Å². The Labute approximate surface area is 103 Å². The molecule has 0 bridgehead atoms. The summed E-state index contributed by atoms with van der Waals surface area (Å²) in [5, 5.41) is 7.48. The topological polar surface area (TPSA) is 41.3 Å². The van der Waals surface area contributed by atoms with Gasteiger partial charge >= 0.3 is 0 Å². The lowest BCUT2D eigenvalue weighted by molar-refractivity contribution is 0.202. The van der Waals surface area contributed by atoms with Crippen molar-refractivity contribution in [2.24, 2.45) is 5.92 Å². The monoisotopic (exact) mass is 237 g/mol. The molecule has 0 saturated carbocycles. The van der Waals surface area contributed by atoms with Gasteiger partial charge in [0.15, 0.2) is 0 Å². The molecule has 4 heteroatoms. The van der Waals surface area contributed by atoms with Crippen molar-refractivity contribution in [3.63, 3.8) is 0 Å². The van der Waals surface area contributed by atoms with Gasteiger partial charge in [-0.15, -0.1) is 0 Å². The van der Waals surface area contributed by atoms with Crippen molar-refractivity contribution in [1.82, 2.24) is 15.4 Å². The molecular weight excluding hydrogens is 214 g/mol. The first kappa shape index (κ1) is 12.6. The third-order valence-corrected chi connectivity index (χ3v) is 3.48. The van der Waals surface area contributed by atoms with Gasteiger partial charge in [-0.1, -0.05) is 12.1 Å². The maximum Gasteiger partial charge on any atom is 0.133 e. The molecule has 0 spiro atoms. The molecule has 2 rings (SSSR count). The zero-order chi connectivity index (χ0) is 12.1. The Morgan fingerprint density at radius 1 is 1.47 bits per heavy atom. The molecule has 1 saturated heterocycles. The van der Waals surface area contributed by atoms with Gasteiger partial charge in [-0.05, 0) is 45.3 Å². The summed E-state index contributed by atoms with van der Waals surface area (Å²) in [5.41, 5.74) is 1.05. The number of hydrogen-bond donors (Lipinski definition) is 1. The molecule has 0 aliphatic carbocycles. The van der Waals surface area contributed by atoms with E-state index in [0.717, 1.165) is 30.5 Å². The maximum absolute atomic E-state index is 5.11. The second kappa shape index (κ2) is 6.17. The van der Waals surface area contributed by atoms with Crippen molar-refractivity contribution < 1.29 is 4.52 Å². The van der Waals surface area contributed by atoms with Crippen LogP contribution in [0.3, 0.4) is 0 Å². The number of nitrogens with zero attached hydrogens (tertiary/aromatic N) is 2. The molecule has 2 heterocycles. The minimum Gasteiger partial charge on any atom is -0.361 e. The fraction of sp³-hybridized carbons (Fsp3) is 0.769. The first-order chi connectivity index (χ1) is 8.28. The van der Waals surface area contributed by atoms with Gasteiger partial charge in [0, 0.05) is 19.2 Å². The van der Waals surface area contributed by atoms with E-state index in [2.05, 4.69) is 22.3 Å². The van der Waals surface area contributed by atoms with Crippen LogP contribution in [0.2, 0.25) is 0 Å². The molecule has 96 valence electrons. The Morgan fingerprint density at radius 3 is 2.82 bits per heavy atom. The van der Waals surface area contributed by atoms with E-state index in [-0.39, 0.29) is 0 Å². The molecule has 1 aromatic heterocycles. The zero-order valence-electron chi connectivity index (χ0n) is 10.9.